The molecule has 3 heterocycles. The van der Waals surface area contributed by atoms with Crippen molar-refractivity contribution in [2.75, 3.05) is 23.9 Å². The smallest absolute Gasteiger partial charge is 0.154 e. The summed E-state index contributed by atoms with van der Waals surface area (Å²) < 4.78 is 7.84. The summed E-state index contributed by atoms with van der Waals surface area (Å²) in [5, 5.41) is 4.44. The summed E-state index contributed by atoms with van der Waals surface area (Å²) >= 11 is 5.99. The summed E-state index contributed by atoms with van der Waals surface area (Å²) in [5.74, 6) is 1.43. The van der Waals surface area contributed by atoms with E-state index >= 15 is 0 Å². The van der Waals surface area contributed by atoms with Gasteiger partial charge in [0.25, 0.3) is 0 Å². The van der Waals surface area contributed by atoms with E-state index in [9.17, 15) is 0 Å². The van der Waals surface area contributed by atoms with Crippen LogP contribution in [0.3, 0.4) is 0 Å². The van der Waals surface area contributed by atoms with Gasteiger partial charge in [-0.05, 0) is 26.8 Å². The van der Waals surface area contributed by atoms with Crippen molar-refractivity contribution < 1.29 is 4.74 Å². The van der Waals surface area contributed by atoms with Crippen molar-refractivity contribution in [3.05, 3.63) is 24.2 Å². The first-order chi connectivity index (χ1) is 9.48. The van der Waals surface area contributed by atoms with Crippen LogP contribution in [0.5, 0.6) is 0 Å². The van der Waals surface area contributed by atoms with Crippen LogP contribution in [0.4, 0.5) is 5.82 Å². The van der Waals surface area contributed by atoms with Crippen LogP contribution in [0.2, 0.25) is 0 Å². The molecule has 1 aliphatic heterocycles. The molecule has 0 radical (unpaired) electrons. The van der Waals surface area contributed by atoms with E-state index in [0.717, 1.165) is 30.1 Å². The van der Waals surface area contributed by atoms with Crippen LogP contribution in [0.1, 0.15) is 19.5 Å². The molecule has 2 aromatic heterocycles. The van der Waals surface area contributed by atoms with Crippen molar-refractivity contribution in [1.82, 2.24) is 14.6 Å². The van der Waals surface area contributed by atoms with Crippen molar-refractivity contribution >= 4 is 22.9 Å². The molecule has 1 atom stereocenters. The first kappa shape index (κ1) is 13.6. The molecule has 3 rings (SSSR count). The molecule has 1 fully saturated rings. The second-order valence-electron chi connectivity index (χ2n) is 5.90. The Morgan fingerprint density at radius 1 is 1.50 bits per heavy atom. The lowest BCUT2D eigenvalue weighted by molar-refractivity contribution is -0.0735. The van der Waals surface area contributed by atoms with Gasteiger partial charge >= 0.3 is 0 Å². The highest BCUT2D eigenvalue weighted by Crippen LogP contribution is 2.28. The van der Waals surface area contributed by atoms with Crippen molar-refractivity contribution in [1.29, 1.82) is 0 Å². The standard InChI is InChI=1S/C14H19ClN4O/c1-10-6-12-13(16-4-5-19(12)17-10)18-8-11(7-15)20-14(2,3)9-18/h4-6,11H,7-9H2,1-3H3. The van der Waals surface area contributed by atoms with Crippen molar-refractivity contribution in [3.8, 4) is 0 Å². The number of alkyl halides is 1. The zero-order chi connectivity index (χ0) is 14.3. The van der Waals surface area contributed by atoms with E-state index in [4.69, 9.17) is 16.3 Å². The first-order valence-electron chi connectivity index (χ1n) is 6.78. The number of hydrogen-bond donors (Lipinski definition) is 0. The van der Waals surface area contributed by atoms with Gasteiger partial charge in [0.05, 0.1) is 23.3 Å². The van der Waals surface area contributed by atoms with Gasteiger partial charge in [0.1, 0.15) is 5.52 Å². The fraction of sp³-hybridized carbons (Fsp3) is 0.571. The zero-order valence-electron chi connectivity index (χ0n) is 12.0. The Kier molecular flexibility index (Phi) is 3.34. The molecule has 0 aromatic carbocycles. The second-order valence-corrected chi connectivity index (χ2v) is 6.21. The minimum atomic E-state index is -0.235. The van der Waals surface area contributed by atoms with Gasteiger partial charge in [-0.3, -0.25) is 0 Å². The molecule has 0 N–H and O–H groups in total. The summed E-state index contributed by atoms with van der Waals surface area (Å²) in [6.45, 7) is 7.70. The molecule has 0 bridgehead atoms. The maximum Gasteiger partial charge on any atom is 0.154 e. The first-order valence-corrected chi connectivity index (χ1v) is 7.32. The molecule has 0 aliphatic carbocycles. The van der Waals surface area contributed by atoms with Gasteiger partial charge in [-0.1, -0.05) is 0 Å². The number of morpholine rings is 1. The highest BCUT2D eigenvalue weighted by molar-refractivity contribution is 6.18. The number of halogens is 1. The van der Waals surface area contributed by atoms with Gasteiger partial charge in [0, 0.05) is 25.5 Å². The summed E-state index contributed by atoms with van der Waals surface area (Å²) in [6.07, 6.45) is 3.68. The third-order valence-corrected chi connectivity index (χ3v) is 3.79. The minimum absolute atomic E-state index is 0.0199. The monoisotopic (exact) mass is 294 g/mol. The van der Waals surface area contributed by atoms with Crippen LogP contribution >= 0.6 is 11.6 Å². The molecule has 5 nitrogen and oxygen atoms in total. The number of aryl methyl sites for hydroxylation is 1. The van der Waals surface area contributed by atoms with Crippen LogP contribution in [0.15, 0.2) is 18.5 Å². The van der Waals surface area contributed by atoms with Crippen LogP contribution in [-0.4, -0.2) is 45.3 Å². The van der Waals surface area contributed by atoms with E-state index in [1.807, 2.05) is 17.6 Å². The molecular formula is C14H19ClN4O. The fourth-order valence-corrected chi connectivity index (χ4v) is 2.97. The van der Waals surface area contributed by atoms with E-state index in [-0.39, 0.29) is 11.7 Å². The molecule has 1 unspecified atom stereocenters. The van der Waals surface area contributed by atoms with Gasteiger partial charge in [-0.25, -0.2) is 9.50 Å². The summed E-state index contributed by atoms with van der Waals surface area (Å²) in [4.78, 5) is 6.79. The summed E-state index contributed by atoms with van der Waals surface area (Å²) in [7, 11) is 0. The lowest BCUT2D eigenvalue weighted by Crippen LogP contribution is -2.53. The number of aromatic nitrogens is 3. The number of fused-ring (bicyclic) bond motifs is 1. The molecule has 20 heavy (non-hydrogen) atoms. The minimum Gasteiger partial charge on any atom is -0.367 e. The van der Waals surface area contributed by atoms with Crippen LogP contribution in [0, 0.1) is 6.92 Å². The molecule has 1 aliphatic rings. The molecule has 108 valence electrons. The lowest BCUT2D eigenvalue weighted by Gasteiger charge is -2.42. The van der Waals surface area contributed by atoms with E-state index in [1.54, 1.807) is 6.20 Å². The predicted molar refractivity (Wildman–Crippen MR) is 79.6 cm³/mol. The SMILES string of the molecule is Cc1cc2c(N3CC(CCl)OC(C)(C)C3)nccn2n1. The molecule has 6 heteroatoms. The third-order valence-electron chi connectivity index (χ3n) is 3.44. The Bertz CT molecular complexity index is 625. The maximum atomic E-state index is 5.99. The summed E-state index contributed by atoms with van der Waals surface area (Å²) in [6, 6.07) is 2.06. The normalized spacial score (nSPS) is 22.4. The third kappa shape index (κ3) is 2.47. The lowest BCUT2D eigenvalue weighted by atomic mass is 10.1. The molecule has 0 spiro atoms. The van der Waals surface area contributed by atoms with Crippen LogP contribution < -0.4 is 4.90 Å². The number of nitrogens with zero attached hydrogens (tertiary/aromatic N) is 4. The number of ether oxygens (including phenoxy) is 1. The van der Waals surface area contributed by atoms with Crippen molar-refractivity contribution in [2.45, 2.75) is 32.5 Å². The zero-order valence-corrected chi connectivity index (χ0v) is 12.8. The van der Waals surface area contributed by atoms with Crippen LogP contribution in [0.25, 0.3) is 5.52 Å². The van der Waals surface area contributed by atoms with E-state index in [0.29, 0.717) is 5.88 Å². The Hall–Kier alpha value is -1.33. The fourth-order valence-electron chi connectivity index (χ4n) is 2.81. The van der Waals surface area contributed by atoms with Gasteiger partial charge in [-0.15, -0.1) is 11.6 Å². The van der Waals surface area contributed by atoms with Gasteiger partial charge in [0.15, 0.2) is 5.82 Å². The second kappa shape index (κ2) is 4.90. The average molecular weight is 295 g/mol. The van der Waals surface area contributed by atoms with Crippen molar-refractivity contribution in [3.63, 3.8) is 0 Å². The number of hydrogen-bond acceptors (Lipinski definition) is 4. The van der Waals surface area contributed by atoms with Gasteiger partial charge in [0.2, 0.25) is 0 Å². The Morgan fingerprint density at radius 2 is 2.30 bits per heavy atom. The van der Waals surface area contributed by atoms with Gasteiger partial charge < -0.3 is 9.64 Å². The quantitative estimate of drug-likeness (QED) is 0.797. The maximum absolute atomic E-state index is 5.99. The van der Waals surface area contributed by atoms with Crippen LogP contribution in [-0.2, 0) is 4.74 Å². The number of rotatable bonds is 2. The molecule has 0 amide bonds. The average Bonchev–Trinajstić information content (AvgIpc) is 2.76. The van der Waals surface area contributed by atoms with E-state index < -0.39 is 0 Å². The molecular weight excluding hydrogens is 276 g/mol. The molecule has 1 saturated heterocycles. The van der Waals surface area contributed by atoms with E-state index in [2.05, 4.69) is 34.9 Å². The van der Waals surface area contributed by atoms with E-state index in [1.165, 1.54) is 0 Å². The Morgan fingerprint density at radius 3 is 3.05 bits per heavy atom. The highest BCUT2D eigenvalue weighted by Gasteiger charge is 2.34. The Balaban J connectivity index is 2.01. The Labute approximate surface area is 123 Å². The topological polar surface area (TPSA) is 42.7 Å². The molecule has 0 saturated carbocycles. The van der Waals surface area contributed by atoms with Gasteiger partial charge in [-0.2, -0.15) is 5.10 Å². The highest BCUT2D eigenvalue weighted by atomic mass is 35.5. The summed E-state index contributed by atoms with van der Waals surface area (Å²) in [5.41, 5.74) is 1.78. The van der Waals surface area contributed by atoms with Crippen molar-refractivity contribution in [2.24, 2.45) is 0 Å². The number of anilines is 1. The largest absolute Gasteiger partial charge is 0.367 e. The predicted octanol–water partition coefficient (Wildman–Crippen LogP) is 2.26. The molecule has 2 aromatic rings.